The molecule has 1 saturated carbocycles. The van der Waals surface area contributed by atoms with Crippen LogP contribution in [0.2, 0.25) is 0 Å². The number of nitrogens with one attached hydrogen (secondary N) is 2. The lowest BCUT2D eigenvalue weighted by Gasteiger charge is -2.08. The predicted molar refractivity (Wildman–Crippen MR) is 90.5 cm³/mol. The molecule has 0 atom stereocenters. The molecule has 0 unspecified atom stereocenters. The maximum Gasteiger partial charge on any atom is 0.271 e. The molecule has 2 amide bonds. The molecule has 0 bridgehead atoms. The van der Waals surface area contributed by atoms with E-state index in [9.17, 15) is 24.8 Å². The summed E-state index contributed by atoms with van der Waals surface area (Å²) in [4.78, 5) is 34.1. The van der Waals surface area contributed by atoms with Gasteiger partial charge in [-0.15, -0.1) is 0 Å². The van der Waals surface area contributed by atoms with Gasteiger partial charge in [-0.25, -0.2) is 0 Å². The summed E-state index contributed by atoms with van der Waals surface area (Å²) in [6.45, 7) is 0. The molecular weight excluding hydrogens is 326 g/mol. The smallest absolute Gasteiger partial charge is 0.271 e. The van der Waals surface area contributed by atoms with Crippen LogP contribution >= 0.6 is 0 Å². The predicted octanol–water partition coefficient (Wildman–Crippen LogP) is 2.90. The van der Waals surface area contributed by atoms with Crippen LogP contribution in [0.4, 0.5) is 17.1 Å². The molecule has 2 aromatic rings. The topological polar surface area (TPSA) is 122 Å². The van der Waals surface area contributed by atoms with E-state index in [1.54, 1.807) is 12.1 Å². The van der Waals surface area contributed by atoms with E-state index in [1.807, 2.05) is 0 Å². The van der Waals surface area contributed by atoms with E-state index in [1.165, 1.54) is 12.1 Å². The van der Waals surface area contributed by atoms with Gasteiger partial charge in [0.2, 0.25) is 5.91 Å². The minimum atomic E-state index is -0.619. The Morgan fingerprint density at radius 1 is 1.08 bits per heavy atom. The second-order valence-corrected chi connectivity index (χ2v) is 5.75. The number of carbonyl (C=O) groups excluding carboxylic acids is 2. The number of rotatable bonds is 5. The van der Waals surface area contributed by atoms with Crippen LogP contribution in [0.1, 0.15) is 23.2 Å². The van der Waals surface area contributed by atoms with Crippen molar-refractivity contribution in [3.05, 3.63) is 58.1 Å². The highest BCUT2D eigenvalue weighted by molar-refractivity contribution is 6.05. The van der Waals surface area contributed by atoms with E-state index in [2.05, 4.69) is 10.6 Å². The Bertz CT molecular complexity index is 844. The van der Waals surface area contributed by atoms with Crippen LogP contribution in [-0.4, -0.2) is 21.8 Å². The average Bonchev–Trinajstić information content (AvgIpc) is 3.42. The zero-order chi connectivity index (χ0) is 18.0. The molecule has 0 saturated heterocycles. The Labute approximate surface area is 142 Å². The first-order valence-electron chi connectivity index (χ1n) is 7.64. The van der Waals surface area contributed by atoms with Gasteiger partial charge in [-0.2, -0.15) is 0 Å². The Morgan fingerprint density at radius 3 is 2.36 bits per heavy atom. The van der Waals surface area contributed by atoms with Crippen LogP contribution < -0.4 is 10.6 Å². The van der Waals surface area contributed by atoms with Crippen molar-refractivity contribution in [1.82, 2.24) is 0 Å². The number of phenolic OH excluding ortho intramolecular Hbond substituents is 1. The van der Waals surface area contributed by atoms with E-state index < -0.39 is 10.8 Å². The molecule has 8 heteroatoms. The van der Waals surface area contributed by atoms with Gasteiger partial charge in [-0.3, -0.25) is 19.7 Å². The molecule has 0 spiro atoms. The SMILES string of the molecule is O=C(Nc1cc([N+](=O)[O-])ccc1O)c1ccc(NC(=O)C2CC2)cc1. The van der Waals surface area contributed by atoms with Crippen molar-refractivity contribution in [1.29, 1.82) is 0 Å². The quantitative estimate of drug-likeness (QED) is 0.438. The van der Waals surface area contributed by atoms with Crippen LogP contribution in [0.15, 0.2) is 42.5 Å². The zero-order valence-electron chi connectivity index (χ0n) is 13.1. The van der Waals surface area contributed by atoms with Gasteiger partial charge in [0, 0.05) is 29.3 Å². The molecule has 0 aliphatic heterocycles. The van der Waals surface area contributed by atoms with E-state index in [-0.39, 0.29) is 34.5 Å². The molecule has 0 heterocycles. The third kappa shape index (κ3) is 3.92. The van der Waals surface area contributed by atoms with Crippen molar-refractivity contribution in [2.75, 3.05) is 10.6 Å². The first-order chi connectivity index (χ1) is 11.9. The van der Waals surface area contributed by atoms with E-state index in [4.69, 9.17) is 0 Å². The molecule has 1 aliphatic rings. The number of nitrogens with zero attached hydrogens (tertiary/aromatic N) is 1. The second kappa shape index (κ2) is 6.60. The molecular formula is C17H15N3O5. The van der Waals surface area contributed by atoms with Crippen molar-refractivity contribution in [2.24, 2.45) is 5.92 Å². The fourth-order valence-electron chi connectivity index (χ4n) is 2.23. The maximum atomic E-state index is 12.2. The maximum absolute atomic E-state index is 12.2. The number of nitro benzene ring substituents is 1. The fraction of sp³-hybridized carbons (Fsp3) is 0.176. The van der Waals surface area contributed by atoms with Crippen molar-refractivity contribution < 1.29 is 19.6 Å². The molecule has 3 N–H and O–H groups in total. The molecule has 128 valence electrons. The highest BCUT2D eigenvalue weighted by Gasteiger charge is 2.29. The van der Waals surface area contributed by atoms with Gasteiger partial charge >= 0.3 is 0 Å². The fourth-order valence-corrected chi connectivity index (χ4v) is 2.23. The number of hydrogen-bond acceptors (Lipinski definition) is 5. The van der Waals surface area contributed by atoms with Crippen LogP contribution in [-0.2, 0) is 4.79 Å². The monoisotopic (exact) mass is 341 g/mol. The number of amides is 2. The average molecular weight is 341 g/mol. The first kappa shape index (κ1) is 16.4. The lowest BCUT2D eigenvalue weighted by molar-refractivity contribution is -0.384. The second-order valence-electron chi connectivity index (χ2n) is 5.75. The van der Waals surface area contributed by atoms with Crippen molar-refractivity contribution in [3.8, 4) is 5.75 Å². The van der Waals surface area contributed by atoms with Gasteiger partial charge in [0.05, 0.1) is 10.6 Å². The number of aromatic hydroxyl groups is 1. The molecule has 8 nitrogen and oxygen atoms in total. The number of nitro groups is 1. The standard InChI is InChI=1S/C17H15N3O5/c21-15-8-7-13(20(24)25)9-14(15)19-17(23)11-3-5-12(6-4-11)18-16(22)10-1-2-10/h3-10,21H,1-2H2,(H,18,22)(H,19,23). The van der Waals surface area contributed by atoms with Gasteiger partial charge in [0.15, 0.2) is 0 Å². The molecule has 0 radical (unpaired) electrons. The van der Waals surface area contributed by atoms with Crippen molar-refractivity contribution in [3.63, 3.8) is 0 Å². The first-order valence-corrected chi connectivity index (χ1v) is 7.64. The van der Waals surface area contributed by atoms with E-state index >= 15 is 0 Å². The van der Waals surface area contributed by atoms with Gasteiger partial charge < -0.3 is 15.7 Å². The van der Waals surface area contributed by atoms with Crippen LogP contribution in [0, 0.1) is 16.0 Å². The van der Waals surface area contributed by atoms with Crippen LogP contribution in [0.5, 0.6) is 5.75 Å². The molecule has 0 aromatic heterocycles. The number of carbonyl (C=O) groups is 2. The van der Waals surface area contributed by atoms with Crippen molar-refractivity contribution >= 4 is 28.9 Å². The summed E-state index contributed by atoms with van der Waals surface area (Å²) in [6.07, 6.45) is 1.80. The van der Waals surface area contributed by atoms with Gasteiger partial charge in [-0.05, 0) is 43.2 Å². The highest BCUT2D eigenvalue weighted by Crippen LogP contribution is 2.30. The Balaban J connectivity index is 1.69. The zero-order valence-corrected chi connectivity index (χ0v) is 13.1. The Kier molecular flexibility index (Phi) is 4.34. The molecule has 25 heavy (non-hydrogen) atoms. The molecule has 1 aliphatic carbocycles. The van der Waals surface area contributed by atoms with E-state index in [0.717, 1.165) is 31.0 Å². The Morgan fingerprint density at radius 2 is 1.76 bits per heavy atom. The molecule has 1 fully saturated rings. The minimum Gasteiger partial charge on any atom is -0.506 e. The van der Waals surface area contributed by atoms with Gasteiger partial charge in [0.25, 0.3) is 11.6 Å². The largest absolute Gasteiger partial charge is 0.506 e. The molecule has 2 aromatic carbocycles. The number of benzene rings is 2. The summed E-state index contributed by atoms with van der Waals surface area (Å²) >= 11 is 0. The van der Waals surface area contributed by atoms with Gasteiger partial charge in [0.1, 0.15) is 5.75 Å². The van der Waals surface area contributed by atoms with Crippen LogP contribution in [0.3, 0.4) is 0 Å². The van der Waals surface area contributed by atoms with Crippen LogP contribution in [0.25, 0.3) is 0 Å². The lowest BCUT2D eigenvalue weighted by Crippen LogP contribution is -2.14. The number of phenols is 1. The third-order valence-electron chi connectivity index (χ3n) is 3.80. The van der Waals surface area contributed by atoms with E-state index in [0.29, 0.717) is 5.69 Å². The summed E-state index contributed by atoms with van der Waals surface area (Å²) in [6, 6.07) is 9.60. The molecule has 3 rings (SSSR count). The minimum absolute atomic E-state index is 0.0290. The Hall–Kier alpha value is -3.42. The summed E-state index contributed by atoms with van der Waals surface area (Å²) in [5.41, 5.74) is 0.582. The number of hydrogen-bond donors (Lipinski definition) is 3. The normalized spacial score (nSPS) is 13.1. The summed E-state index contributed by atoms with van der Waals surface area (Å²) in [7, 11) is 0. The third-order valence-corrected chi connectivity index (χ3v) is 3.80. The van der Waals surface area contributed by atoms with Gasteiger partial charge in [-0.1, -0.05) is 0 Å². The summed E-state index contributed by atoms with van der Waals surface area (Å²) < 4.78 is 0. The highest BCUT2D eigenvalue weighted by atomic mass is 16.6. The number of anilines is 2. The summed E-state index contributed by atoms with van der Waals surface area (Å²) in [5.74, 6) is -0.748. The summed E-state index contributed by atoms with van der Waals surface area (Å²) in [5, 5.41) is 25.7. The lowest BCUT2D eigenvalue weighted by atomic mass is 10.1. The number of non-ortho nitro benzene ring substituents is 1. The van der Waals surface area contributed by atoms with Crippen molar-refractivity contribution in [2.45, 2.75) is 12.8 Å².